The number of benzene rings is 1. The zero-order valence-corrected chi connectivity index (χ0v) is 13.9. The number of hydrogen-bond donors (Lipinski definition) is 1. The Balaban J connectivity index is 1.68. The SMILES string of the molecule is Cc1ccccc1C(C)CC(=O)N1C[C@@H]2CCC[C@@]2(C(=O)O)C1. The third-order valence-electron chi connectivity index (χ3n) is 5.85. The maximum Gasteiger partial charge on any atom is 0.311 e. The van der Waals surface area contributed by atoms with Crippen LogP contribution in [0.3, 0.4) is 0 Å². The third-order valence-corrected chi connectivity index (χ3v) is 5.85. The van der Waals surface area contributed by atoms with E-state index in [4.69, 9.17) is 0 Å². The lowest BCUT2D eigenvalue weighted by Gasteiger charge is -2.24. The molecule has 1 unspecified atom stereocenters. The van der Waals surface area contributed by atoms with E-state index in [0.29, 0.717) is 25.9 Å². The number of likely N-dealkylation sites (tertiary alicyclic amines) is 1. The second-order valence-corrected chi connectivity index (χ2v) is 7.29. The predicted molar refractivity (Wildman–Crippen MR) is 88.2 cm³/mol. The summed E-state index contributed by atoms with van der Waals surface area (Å²) in [6.45, 7) is 5.15. The van der Waals surface area contributed by atoms with Crippen LogP contribution in [-0.4, -0.2) is 35.0 Å². The number of rotatable bonds is 4. The number of carboxylic acid groups (broad SMARTS) is 1. The lowest BCUT2D eigenvalue weighted by Crippen LogP contribution is -2.37. The largest absolute Gasteiger partial charge is 0.481 e. The minimum Gasteiger partial charge on any atom is -0.481 e. The van der Waals surface area contributed by atoms with Gasteiger partial charge in [0.05, 0.1) is 5.41 Å². The highest BCUT2D eigenvalue weighted by atomic mass is 16.4. The highest BCUT2D eigenvalue weighted by Gasteiger charge is 2.55. The Kier molecular flexibility index (Phi) is 4.17. The zero-order valence-electron chi connectivity index (χ0n) is 13.9. The Bertz CT molecular complexity index is 627. The van der Waals surface area contributed by atoms with Gasteiger partial charge in [-0.2, -0.15) is 0 Å². The molecule has 0 radical (unpaired) electrons. The van der Waals surface area contributed by atoms with Crippen LogP contribution in [0.25, 0.3) is 0 Å². The van der Waals surface area contributed by atoms with Crippen molar-refractivity contribution in [1.29, 1.82) is 0 Å². The van der Waals surface area contributed by atoms with Gasteiger partial charge in [0.1, 0.15) is 0 Å². The molecule has 0 bridgehead atoms. The minimum atomic E-state index is -0.720. The maximum atomic E-state index is 12.7. The summed E-state index contributed by atoms with van der Waals surface area (Å²) in [5, 5.41) is 9.63. The first-order chi connectivity index (χ1) is 10.9. The van der Waals surface area contributed by atoms with Crippen molar-refractivity contribution in [3.63, 3.8) is 0 Å². The van der Waals surface area contributed by atoms with Gasteiger partial charge in [-0.15, -0.1) is 0 Å². The number of aryl methyl sites for hydroxylation is 1. The lowest BCUT2D eigenvalue weighted by atomic mass is 9.81. The first kappa shape index (κ1) is 16.0. The van der Waals surface area contributed by atoms with Crippen LogP contribution >= 0.6 is 0 Å². The second-order valence-electron chi connectivity index (χ2n) is 7.29. The minimum absolute atomic E-state index is 0.0933. The van der Waals surface area contributed by atoms with Crippen LogP contribution in [0, 0.1) is 18.3 Å². The third kappa shape index (κ3) is 2.75. The molecule has 0 spiro atoms. The van der Waals surface area contributed by atoms with Crippen molar-refractivity contribution in [3.8, 4) is 0 Å². The molecule has 23 heavy (non-hydrogen) atoms. The summed E-state index contributed by atoms with van der Waals surface area (Å²) in [7, 11) is 0. The van der Waals surface area contributed by atoms with Gasteiger partial charge in [0.25, 0.3) is 0 Å². The van der Waals surface area contributed by atoms with E-state index in [1.165, 1.54) is 11.1 Å². The molecule has 1 heterocycles. The molecule has 4 heteroatoms. The van der Waals surface area contributed by atoms with Crippen LogP contribution in [0.2, 0.25) is 0 Å². The van der Waals surface area contributed by atoms with Crippen LogP contribution < -0.4 is 0 Å². The summed E-state index contributed by atoms with van der Waals surface area (Å²) in [6, 6.07) is 8.15. The van der Waals surface area contributed by atoms with Gasteiger partial charge >= 0.3 is 5.97 Å². The van der Waals surface area contributed by atoms with Crippen molar-refractivity contribution in [3.05, 3.63) is 35.4 Å². The van der Waals surface area contributed by atoms with E-state index in [1.807, 2.05) is 12.1 Å². The Morgan fingerprint density at radius 3 is 2.78 bits per heavy atom. The van der Waals surface area contributed by atoms with Crippen molar-refractivity contribution < 1.29 is 14.7 Å². The normalized spacial score (nSPS) is 27.7. The molecule has 1 aromatic rings. The molecule has 2 aliphatic rings. The summed E-state index contributed by atoms with van der Waals surface area (Å²) >= 11 is 0. The molecule has 2 fully saturated rings. The van der Waals surface area contributed by atoms with Crippen LogP contribution in [0.4, 0.5) is 0 Å². The maximum absolute atomic E-state index is 12.7. The van der Waals surface area contributed by atoms with Gasteiger partial charge in [-0.3, -0.25) is 9.59 Å². The highest BCUT2D eigenvalue weighted by molar-refractivity contribution is 5.82. The number of carbonyl (C=O) groups excluding carboxylic acids is 1. The van der Waals surface area contributed by atoms with Gasteiger partial charge < -0.3 is 10.0 Å². The monoisotopic (exact) mass is 315 g/mol. The number of carboxylic acids is 1. The Hall–Kier alpha value is -1.84. The van der Waals surface area contributed by atoms with Crippen LogP contribution in [-0.2, 0) is 9.59 Å². The van der Waals surface area contributed by atoms with E-state index in [0.717, 1.165) is 12.8 Å². The number of aliphatic carboxylic acids is 1. The van der Waals surface area contributed by atoms with Crippen molar-refractivity contribution >= 4 is 11.9 Å². The molecule has 1 aliphatic heterocycles. The van der Waals surface area contributed by atoms with Crippen LogP contribution in [0.5, 0.6) is 0 Å². The van der Waals surface area contributed by atoms with Crippen molar-refractivity contribution in [2.24, 2.45) is 11.3 Å². The van der Waals surface area contributed by atoms with E-state index in [1.54, 1.807) is 4.90 Å². The molecule has 1 amide bonds. The molecule has 3 rings (SSSR count). The van der Waals surface area contributed by atoms with E-state index in [2.05, 4.69) is 26.0 Å². The Labute approximate surface area is 137 Å². The molecule has 1 N–H and O–H groups in total. The quantitative estimate of drug-likeness (QED) is 0.928. The topological polar surface area (TPSA) is 57.6 Å². The summed E-state index contributed by atoms with van der Waals surface area (Å²) in [4.78, 5) is 26.2. The number of hydrogen-bond acceptors (Lipinski definition) is 2. The summed E-state index contributed by atoms with van der Waals surface area (Å²) in [6.07, 6.45) is 3.07. The average molecular weight is 315 g/mol. The van der Waals surface area contributed by atoms with Gasteiger partial charge in [0.2, 0.25) is 5.91 Å². The van der Waals surface area contributed by atoms with Crippen LogP contribution in [0.1, 0.15) is 49.7 Å². The van der Waals surface area contributed by atoms with E-state index in [9.17, 15) is 14.7 Å². The molecule has 1 saturated heterocycles. The van der Waals surface area contributed by atoms with Gasteiger partial charge in [-0.1, -0.05) is 37.6 Å². The molecule has 4 nitrogen and oxygen atoms in total. The first-order valence-electron chi connectivity index (χ1n) is 8.51. The summed E-state index contributed by atoms with van der Waals surface area (Å²) in [5.41, 5.74) is 1.72. The van der Waals surface area contributed by atoms with Crippen molar-refractivity contribution in [2.45, 2.75) is 45.4 Å². The number of carbonyl (C=O) groups is 2. The first-order valence-corrected chi connectivity index (χ1v) is 8.51. The summed E-state index contributed by atoms with van der Waals surface area (Å²) < 4.78 is 0. The van der Waals surface area contributed by atoms with Crippen molar-refractivity contribution in [1.82, 2.24) is 4.90 Å². The molecule has 124 valence electrons. The smallest absolute Gasteiger partial charge is 0.311 e. The van der Waals surface area contributed by atoms with Gasteiger partial charge in [0.15, 0.2) is 0 Å². The highest BCUT2D eigenvalue weighted by Crippen LogP contribution is 2.49. The fourth-order valence-corrected chi connectivity index (χ4v) is 4.47. The molecule has 1 aliphatic carbocycles. The average Bonchev–Trinajstić information content (AvgIpc) is 3.05. The molecular weight excluding hydrogens is 290 g/mol. The van der Waals surface area contributed by atoms with Gasteiger partial charge in [-0.05, 0) is 42.7 Å². The Morgan fingerprint density at radius 2 is 2.13 bits per heavy atom. The molecular formula is C19H25NO3. The van der Waals surface area contributed by atoms with Crippen molar-refractivity contribution in [2.75, 3.05) is 13.1 Å². The van der Waals surface area contributed by atoms with E-state index in [-0.39, 0.29) is 17.7 Å². The predicted octanol–water partition coefficient (Wildman–Crippen LogP) is 3.20. The Morgan fingerprint density at radius 1 is 1.39 bits per heavy atom. The fraction of sp³-hybridized carbons (Fsp3) is 0.579. The van der Waals surface area contributed by atoms with Gasteiger partial charge in [0, 0.05) is 19.5 Å². The van der Waals surface area contributed by atoms with Crippen LogP contribution in [0.15, 0.2) is 24.3 Å². The molecule has 1 aromatic carbocycles. The van der Waals surface area contributed by atoms with Gasteiger partial charge in [-0.25, -0.2) is 0 Å². The zero-order chi connectivity index (χ0) is 16.6. The molecule has 3 atom stereocenters. The number of fused-ring (bicyclic) bond motifs is 1. The molecule has 1 saturated carbocycles. The summed E-state index contributed by atoms with van der Waals surface area (Å²) in [5.74, 6) is -0.333. The van der Waals surface area contributed by atoms with E-state index >= 15 is 0 Å². The standard InChI is InChI=1S/C19H25NO3/c1-13-6-3-4-8-16(13)14(2)10-17(21)20-11-15-7-5-9-19(15,12-20)18(22)23/h3-4,6,8,14-15H,5,7,9-12H2,1-2H3,(H,22,23)/t14?,15-,19+/m0/s1. The van der Waals surface area contributed by atoms with E-state index < -0.39 is 11.4 Å². The number of amides is 1. The number of nitrogens with zero attached hydrogens (tertiary/aromatic N) is 1. The fourth-order valence-electron chi connectivity index (χ4n) is 4.47. The second kappa shape index (κ2) is 5.99. The lowest BCUT2D eigenvalue weighted by molar-refractivity contribution is -0.149. The molecule has 0 aromatic heterocycles.